The second-order valence-electron chi connectivity index (χ2n) is 12.2. The lowest BCUT2D eigenvalue weighted by Gasteiger charge is -2.16. The van der Waals surface area contributed by atoms with Gasteiger partial charge in [-0.05, 0) is 47.9 Å². The molecular formula is C38H56O8. The number of unbranched alkanes of at least 4 members (excludes halogenated alkanes) is 17. The number of aromatic hydroxyl groups is 4. The summed E-state index contributed by atoms with van der Waals surface area (Å²) in [5.74, 6) is -2.75. The molecule has 2 aromatic rings. The summed E-state index contributed by atoms with van der Waals surface area (Å²) in [4.78, 5) is 25.4. The molecule has 0 aliphatic heterocycles. The molecule has 256 valence electrons. The highest BCUT2D eigenvalue weighted by atomic mass is 16.6. The van der Waals surface area contributed by atoms with Crippen LogP contribution in [0.4, 0.5) is 0 Å². The van der Waals surface area contributed by atoms with Crippen molar-refractivity contribution in [2.45, 2.75) is 135 Å². The van der Waals surface area contributed by atoms with E-state index in [9.17, 15) is 30.0 Å². The Morgan fingerprint density at radius 3 is 1.61 bits per heavy atom. The van der Waals surface area contributed by atoms with Gasteiger partial charge in [-0.3, -0.25) is 0 Å². The zero-order valence-corrected chi connectivity index (χ0v) is 27.8. The van der Waals surface area contributed by atoms with Gasteiger partial charge in [-0.1, -0.05) is 128 Å². The molecular weight excluding hydrogens is 584 g/mol. The summed E-state index contributed by atoms with van der Waals surface area (Å²) in [5, 5.41) is 38.5. The van der Waals surface area contributed by atoms with Crippen LogP contribution < -0.4 is 0 Å². The molecule has 1 atom stereocenters. The minimum absolute atomic E-state index is 0.0502. The van der Waals surface area contributed by atoms with Crippen molar-refractivity contribution < 1.29 is 39.5 Å². The number of esters is 2. The Hall–Kier alpha value is -3.68. The molecule has 46 heavy (non-hydrogen) atoms. The number of rotatable bonds is 25. The highest BCUT2D eigenvalue weighted by molar-refractivity contribution is 5.89. The Bertz CT molecular complexity index is 1180. The zero-order chi connectivity index (χ0) is 33.4. The van der Waals surface area contributed by atoms with Gasteiger partial charge in [0.15, 0.2) is 23.0 Å². The van der Waals surface area contributed by atoms with Crippen LogP contribution in [0.15, 0.2) is 42.5 Å². The second kappa shape index (κ2) is 23.6. The summed E-state index contributed by atoms with van der Waals surface area (Å²) in [7, 11) is 0. The van der Waals surface area contributed by atoms with E-state index in [1.54, 1.807) is 0 Å². The molecule has 0 saturated carbocycles. The molecule has 0 heterocycles. The number of carbonyl (C=O) groups excluding carboxylic acids is 2. The predicted molar refractivity (Wildman–Crippen MR) is 182 cm³/mol. The second-order valence-corrected chi connectivity index (χ2v) is 12.2. The molecule has 0 aromatic heterocycles. The quantitative estimate of drug-likeness (QED) is 0.0365. The molecule has 0 bridgehead atoms. The molecule has 0 amide bonds. The summed E-state index contributed by atoms with van der Waals surface area (Å²) < 4.78 is 10.8. The fraction of sp³-hybridized carbons (Fsp3) is 0.579. The van der Waals surface area contributed by atoms with Crippen molar-refractivity contribution in [2.75, 3.05) is 6.61 Å². The minimum atomic E-state index is -1.26. The van der Waals surface area contributed by atoms with E-state index in [1.807, 2.05) is 0 Å². The molecule has 0 aliphatic carbocycles. The minimum Gasteiger partial charge on any atom is -0.504 e. The lowest BCUT2D eigenvalue weighted by atomic mass is 10.0. The maximum absolute atomic E-state index is 12.9. The first-order valence-corrected chi connectivity index (χ1v) is 17.4. The Morgan fingerprint density at radius 2 is 1.11 bits per heavy atom. The smallest absolute Gasteiger partial charge is 0.347 e. The molecule has 8 nitrogen and oxygen atoms in total. The SMILES string of the molecule is CCCCCCCCCCCCCCCCCCCCOC(=O)C(Cc1ccc(O)c(O)c1)OC(=O)/C=C/c1ccc(O)c(O)c1. The van der Waals surface area contributed by atoms with Gasteiger partial charge in [0.1, 0.15) is 0 Å². The van der Waals surface area contributed by atoms with E-state index in [1.165, 1.54) is 139 Å². The molecule has 4 N–H and O–H groups in total. The van der Waals surface area contributed by atoms with Gasteiger partial charge in [0, 0.05) is 12.5 Å². The summed E-state index contributed by atoms with van der Waals surface area (Å²) in [6.45, 7) is 2.48. The van der Waals surface area contributed by atoms with Gasteiger partial charge < -0.3 is 29.9 Å². The first-order valence-electron chi connectivity index (χ1n) is 17.4. The van der Waals surface area contributed by atoms with Crippen LogP contribution in [-0.2, 0) is 25.5 Å². The van der Waals surface area contributed by atoms with Crippen molar-refractivity contribution in [1.29, 1.82) is 0 Å². The van der Waals surface area contributed by atoms with Crippen molar-refractivity contribution in [3.63, 3.8) is 0 Å². The highest BCUT2D eigenvalue weighted by Gasteiger charge is 2.25. The first-order chi connectivity index (χ1) is 22.3. The van der Waals surface area contributed by atoms with E-state index >= 15 is 0 Å². The lowest BCUT2D eigenvalue weighted by molar-refractivity contribution is -0.165. The van der Waals surface area contributed by atoms with Crippen molar-refractivity contribution in [3.05, 3.63) is 53.6 Å². The maximum Gasteiger partial charge on any atom is 0.347 e. The number of phenolic OH excluding ortho intramolecular Hbond substituents is 4. The van der Waals surface area contributed by atoms with Crippen molar-refractivity contribution in [2.24, 2.45) is 0 Å². The standard InChI is InChI=1S/C38H56O8/c1-2-3-4-5-6-7-8-9-10-11-12-13-14-15-16-17-18-19-26-45-38(44)36(29-31-21-24-33(40)35(42)28-31)46-37(43)25-22-30-20-23-32(39)34(41)27-30/h20-25,27-28,36,39-42H,2-19,26,29H2,1H3/b25-22+. The van der Waals surface area contributed by atoms with Gasteiger partial charge in [-0.25, -0.2) is 9.59 Å². The molecule has 0 fully saturated rings. The predicted octanol–water partition coefficient (Wildman–Crippen LogP) is 9.26. The normalized spacial score (nSPS) is 11.9. The first kappa shape index (κ1) is 38.5. The van der Waals surface area contributed by atoms with Crippen molar-refractivity contribution in [1.82, 2.24) is 0 Å². The van der Waals surface area contributed by atoms with Gasteiger partial charge in [-0.2, -0.15) is 0 Å². The molecule has 0 aliphatic rings. The lowest BCUT2D eigenvalue weighted by Crippen LogP contribution is -2.31. The molecule has 2 rings (SSSR count). The largest absolute Gasteiger partial charge is 0.504 e. The van der Waals surface area contributed by atoms with E-state index in [-0.39, 0.29) is 36.0 Å². The maximum atomic E-state index is 12.9. The van der Waals surface area contributed by atoms with Crippen LogP contribution in [0.2, 0.25) is 0 Å². The summed E-state index contributed by atoms with van der Waals surface area (Å²) in [6.07, 6.45) is 24.0. The number of ether oxygens (including phenoxy) is 2. The average molecular weight is 641 g/mol. The third-order valence-electron chi connectivity index (χ3n) is 8.14. The summed E-state index contributed by atoms with van der Waals surface area (Å²) in [5.41, 5.74) is 0.926. The molecule has 0 saturated heterocycles. The van der Waals surface area contributed by atoms with E-state index < -0.39 is 18.0 Å². The summed E-state index contributed by atoms with van der Waals surface area (Å²) >= 11 is 0. The van der Waals surface area contributed by atoms with Crippen LogP contribution in [0.25, 0.3) is 6.08 Å². The summed E-state index contributed by atoms with van der Waals surface area (Å²) in [6, 6.07) is 8.19. The third kappa shape index (κ3) is 17.1. The fourth-order valence-electron chi connectivity index (χ4n) is 5.34. The van der Waals surface area contributed by atoms with Crippen LogP contribution >= 0.6 is 0 Å². The van der Waals surface area contributed by atoms with Crippen molar-refractivity contribution in [3.8, 4) is 23.0 Å². The molecule has 1 unspecified atom stereocenters. The fourth-order valence-corrected chi connectivity index (χ4v) is 5.34. The highest BCUT2D eigenvalue weighted by Crippen LogP contribution is 2.27. The average Bonchev–Trinajstić information content (AvgIpc) is 3.04. The monoisotopic (exact) mass is 640 g/mol. The number of hydrogen-bond donors (Lipinski definition) is 4. The number of carbonyl (C=O) groups is 2. The zero-order valence-electron chi connectivity index (χ0n) is 27.8. The Labute approximate surface area is 275 Å². The van der Waals surface area contributed by atoms with Crippen LogP contribution in [0.1, 0.15) is 134 Å². The van der Waals surface area contributed by atoms with Gasteiger partial charge in [0.2, 0.25) is 6.10 Å². The van der Waals surface area contributed by atoms with Crippen molar-refractivity contribution >= 4 is 18.0 Å². The van der Waals surface area contributed by atoms with Gasteiger partial charge in [-0.15, -0.1) is 0 Å². The molecule has 8 heteroatoms. The number of phenols is 4. The Balaban J connectivity index is 1.63. The number of benzene rings is 2. The molecule has 0 spiro atoms. The van der Waals surface area contributed by atoms with E-state index in [0.29, 0.717) is 11.1 Å². The Kier molecular flexibility index (Phi) is 19.8. The van der Waals surface area contributed by atoms with Crippen LogP contribution in [0.3, 0.4) is 0 Å². The van der Waals surface area contributed by atoms with Crippen LogP contribution in [-0.4, -0.2) is 45.1 Å². The van der Waals surface area contributed by atoms with E-state index in [0.717, 1.165) is 25.3 Å². The topological polar surface area (TPSA) is 134 Å². The van der Waals surface area contributed by atoms with Crippen LogP contribution in [0.5, 0.6) is 23.0 Å². The van der Waals surface area contributed by atoms with Gasteiger partial charge >= 0.3 is 11.9 Å². The third-order valence-corrected chi connectivity index (χ3v) is 8.14. The van der Waals surface area contributed by atoms with E-state index in [2.05, 4.69) is 6.92 Å². The molecule has 0 radical (unpaired) electrons. The molecule has 2 aromatic carbocycles. The Morgan fingerprint density at radius 1 is 0.630 bits per heavy atom. The van der Waals surface area contributed by atoms with Gasteiger partial charge in [0.25, 0.3) is 0 Å². The number of hydrogen-bond acceptors (Lipinski definition) is 8. The van der Waals surface area contributed by atoms with Gasteiger partial charge in [0.05, 0.1) is 6.61 Å². The van der Waals surface area contributed by atoms with Crippen LogP contribution in [0, 0.1) is 0 Å². The van der Waals surface area contributed by atoms with E-state index in [4.69, 9.17) is 9.47 Å².